The number of carbonyl (C=O) groups is 1. The van der Waals surface area contributed by atoms with E-state index in [-0.39, 0.29) is 5.91 Å². The third-order valence-corrected chi connectivity index (χ3v) is 4.21. The van der Waals surface area contributed by atoms with Crippen LogP contribution in [0.3, 0.4) is 0 Å². The fourth-order valence-corrected chi connectivity index (χ4v) is 3.03. The van der Waals surface area contributed by atoms with Gasteiger partial charge in [0.25, 0.3) is 0 Å². The van der Waals surface area contributed by atoms with Crippen molar-refractivity contribution in [3.63, 3.8) is 0 Å². The van der Waals surface area contributed by atoms with Crippen molar-refractivity contribution in [2.45, 2.75) is 19.6 Å². The van der Waals surface area contributed by atoms with Crippen LogP contribution in [0.2, 0.25) is 0 Å². The molecule has 0 saturated heterocycles. The minimum absolute atomic E-state index is 0.0407. The number of anilines is 1. The third-order valence-electron chi connectivity index (χ3n) is 3.22. The molecule has 0 fully saturated rings. The molecular formula is C19H23NO3S. The van der Waals surface area contributed by atoms with Crippen molar-refractivity contribution in [1.82, 2.24) is 0 Å². The summed E-state index contributed by atoms with van der Waals surface area (Å²) in [7, 11) is 0. The summed E-state index contributed by atoms with van der Waals surface area (Å²) in [5.74, 6) is 2.65. The number of para-hydroxylation sites is 3. The summed E-state index contributed by atoms with van der Waals surface area (Å²) in [6, 6.07) is 15.4. The second-order valence-electron chi connectivity index (χ2n) is 5.01. The fourth-order valence-electron chi connectivity index (χ4n) is 2.21. The van der Waals surface area contributed by atoms with Gasteiger partial charge < -0.3 is 14.8 Å². The molecule has 1 amide bonds. The average Bonchev–Trinajstić information content (AvgIpc) is 2.59. The second kappa shape index (κ2) is 9.88. The molecule has 4 nitrogen and oxygen atoms in total. The van der Waals surface area contributed by atoms with E-state index in [0.29, 0.717) is 30.4 Å². The number of ether oxygens (including phenoxy) is 2. The smallest absolute Gasteiger partial charge is 0.234 e. The molecule has 128 valence electrons. The number of rotatable bonds is 9. The zero-order chi connectivity index (χ0) is 17.2. The zero-order valence-corrected chi connectivity index (χ0v) is 14.9. The van der Waals surface area contributed by atoms with Crippen LogP contribution in [0.25, 0.3) is 0 Å². The van der Waals surface area contributed by atoms with Crippen LogP contribution in [-0.4, -0.2) is 24.9 Å². The predicted molar refractivity (Wildman–Crippen MR) is 100 cm³/mol. The quantitative estimate of drug-likeness (QED) is 0.734. The summed E-state index contributed by atoms with van der Waals surface area (Å²) in [4.78, 5) is 12.2. The standard InChI is InChI=1S/C19H23NO3S/c1-3-22-17-11-7-5-9-15(17)13-24-14-19(21)20-16-10-6-8-12-18(16)23-4-2/h5-12H,3-4,13-14H2,1-2H3,(H,20,21). The summed E-state index contributed by atoms with van der Waals surface area (Å²) in [5.41, 5.74) is 1.81. The van der Waals surface area contributed by atoms with Crippen molar-refractivity contribution in [1.29, 1.82) is 0 Å². The maximum atomic E-state index is 12.2. The highest BCUT2D eigenvalue weighted by Gasteiger charge is 2.09. The largest absolute Gasteiger partial charge is 0.494 e. The Hall–Kier alpha value is -2.14. The number of amides is 1. The first-order valence-corrected chi connectivity index (χ1v) is 9.20. The van der Waals surface area contributed by atoms with Crippen LogP contribution in [0.4, 0.5) is 5.69 Å². The first-order valence-electron chi connectivity index (χ1n) is 8.04. The highest BCUT2D eigenvalue weighted by Crippen LogP contribution is 2.25. The Kier molecular flexibility index (Phi) is 7.49. The summed E-state index contributed by atoms with van der Waals surface area (Å²) in [6.45, 7) is 5.09. The van der Waals surface area contributed by atoms with Crippen LogP contribution < -0.4 is 14.8 Å². The van der Waals surface area contributed by atoms with Crippen molar-refractivity contribution in [2.24, 2.45) is 0 Å². The molecule has 0 saturated carbocycles. The lowest BCUT2D eigenvalue weighted by atomic mass is 10.2. The lowest BCUT2D eigenvalue weighted by Gasteiger charge is -2.12. The van der Waals surface area contributed by atoms with Crippen LogP contribution >= 0.6 is 11.8 Å². The molecule has 0 unspecified atom stereocenters. The maximum Gasteiger partial charge on any atom is 0.234 e. The highest BCUT2D eigenvalue weighted by atomic mass is 32.2. The average molecular weight is 345 g/mol. The number of hydrogen-bond donors (Lipinski definition) is 1. The van der Waals surface area contributed by atoms with E-state index in [9.17, 15) is 4.79 Å². The minimum Gasteiger partial charge on any atom is -0.494 e. The van der Waals surface area contributed by atoms with Gasteiger partial charge in [0.2, 0.25) is 5.91 Å². The lowest BCUT2D eigenvalue weighted by molar-refractivity contribution is -0.113. The van der Waals surface area contributed by atoms with Crippen LogP contribution in [0, 0.1) is 0 Å². The van der Waals surface area contributed by atoms with Gasteiger partial charge in [0, 0.05) is 11.3 Å². The van der Waals surface area contributed by atoms with Gasteiger partial charge in [-0.25, -0.2) is 0 Å². The zero-order valence-electron chi connectivity index (χ0n) is 14.1. The molecule has 0 spiro atoms. The molecule has 0 aromatic heterocycles. The molecule has 2 aromatic carbocycles. The molecule has 24 heavy (non-hydrogen) atoms. The Morgan fingerprint density at radius 1 is 0.958 bits per heavy atom. The Morgan fingerprint density at radius 2 is 1.58 bits per heavy atom. The molecule has 2 rings (SSSR count). The van der Waals surface area contributed by atoms with Crippen molar-refractivity contribution in [3.8, 4) is 11.5 Å². The van der Waals surface area contributed by atoms with Gasteiger partial charge in [0.1, 0.15) is 11.5 Å². The topological polar surface area (TPSA) is 47.6 Å². The van der Waals surface area contributed by atoms with Crippen LogP contribution in [-0.2, 0) is 10.5 Å². The predicted octanol–water partition coefficient (Wildman–Crippen LogP) is 4.36. The lowest BCUT2D eigenvalue weighted by Crippen LogP contribution is -2.15. The minimum atomic E-state index is -0.0407. The number of nitrogens with one attached hydrogen (secondary N) is 1. The molecular weight excluding hydrogens is 322 g/mol. The molecule has 5 heteroatoms. The number of hydrogen-bond acceptors (Lipinski definition) is 4. The number of thioether (sulfide) groups is 1. The number of carbonyl (C=O) groups excluding carboxylic acids is 1. The maximum absolute atomic E-state index is 12.2. The van der Waals surface area contributed by atoms with Gasteiger partial charge >= 0.3 is 0 Å². The Labute approximate surface area is 147 Å². The Balaban J connectivity index is 1.86. The van der Waals surface area contributed by atoms with E-state index in [4.69, 9.17) is 9.47 Å². The molecule has 0 aliphatic heterocycles. The van der Waals surface area contributed by atoms with Crippen molar-refractivity contribution in [3.05, 3.63) is 54.1 Å². The van der Waals surface area contributed by atoms with E-state index in [1.165, 1.54) is 0 Å². The summed E-state index contributed by atoms with van der Waals surface area (Å²) < 4.78 is 11.1. The van der Waals surface area contributed by atoms with E-state index in [2.05, 4.69) is 5.32 Å². The van der Waals surface area contributed by atoms with Gasteiger partial charge in [-0.05, 0) is 32.0 Å². The summed E-state index contributed by atoms with van der Waals surface area (Å²) in [6.07, 6.45) is 0. The van der Waals surface area contributed by atoms with E-state index in [1.54, 1.807) is 11.8 Å². The first-order chi connectivity index (χ1) is 11.7. The monoisotopic (exact) mass is 345 g/mol. The van der Waals surface area contributed by atoms with Gasteiger partial charge in [-0.3, -0.25) is 4.79 Å². The van der Waals surface area contributed by atoms with Crippen molar-refractivity contribution in [2.75, 3.05) is 24.3 Å². The highest BCUT2D eigenvalue weighted by molar-refractivity contribution is 7.99. The molecule has 0 bridgehead atoms. The van der Waals surface area contributed by atoms with E-state index in [1.807, 2.05) is 62.4 Å². The van der Waals surface area contributed by atoms with Gasteiger partial charge in [0.05, 0.1) is 24.7 Å². The van der Waals surface area contributed by atoms with E-state index in [0.717, 1.165) is 17.1 Å². The fraction of sp³-hybridized carbons (Fsp3) is 0.316. The first kappa shape index (κ1) is 18.2. The van der Waals surface area contributed by atoms with Crippen LogP contribution in [0.15, 0.2) is 48.5 Å². The van der Waals surface area contributed by atoms with Gasteiger partial charge in [-0.15, -0.1) is 11.8 Å². The van der Waals surface area contributed by atoms with Crippen molar-refractivity contribution < 1.29 is 14.3 Å². The third kappa shape index (κ3) is 5.49. The Bertz CT molecular complexity index is 661. The molecule has 0 radical (unpaired) electrons. The van der Waals surface area contributed by atoms with Crippen LogP contribution in [0.5, 0.6) is 11.5 Å². The molecule has 0 heterocycles. The summed E-state index contributed by atoms with van der Waals surface area (Å²) >= 11 is 1.56. The Morgan fingerprint density at radius 3 is 2.33 bits per heavy atom. The van der Waals surface area contributed by atoms with E-state index >= 15 is 0 Å². The van der Waals surface area contributed by atoms with Gasteiger partial charge in [-0.1, -0.05) is 30.3 Å². The normalized spacial score (nSPS) is 10.2. The summed E-state index contributed by atoms with van der Waals surface area (Å²) in [5, 5.41) is 2.91. The van der Waals surface area contributed by atoms with Gasteiger partial charge in [-0.2, -0.15) is 0 Å². The van der Waals surface area contributed by atoms with Gasteiger partial charge in [0.15, 0.2) is 0 Å². The molecule has 0 aliphatic carbocycles. The molecule has 1 N–H and O–H groups in total. The second-order valence-corrected chi connectivity index (χ2v) is 6.00. The SMILES string of the molecule is CCOc1ccccc1CSCC(=O)Nc1ccccc1OCC. The number of benzene rings is 2. The molecule has 2 aromatic rings. The molecule has 0 atom stereocenters. The molecule has 0 aliphatic rings. The van der Waals surface area contributed by atoms with Crippen LogP contribution in [0.1, 0.15) is 19.4 Å². The van der Waals surface area contributed by atoms with Crippen molar-refractivity contribution >= 4 is 23.4 Å². The van der Waals surface area contributed by atoms with E-state index < -0.39 is 0 Å².